The predicted molar refractivity (Wildman–Crippen MR) is 61.8 cm³/mol. The zero-order valence-corrected chi connectivity index (χ0v) is 10.3. The average molecular weight is 241 g/mol. The van der Waals surface area contributed by atoms with Gasteiger partial charge in [0.25, 0.3) is 0 Å². The molecule has 1 fully saturated rings. The maximum absolute atomic E-state index is 11.2. The molecule has 0 aromatic carbocycles. The van der Waals surface area contributed by atoms with Gasteiger partial charge in [0.2, 0.25) is 5.13 Å². The zero-order chi connectivity index (χ0) is 11.5. The molecule has 0 N–H and O–H groups in total. The van der Waals surface area contributed by atoms with Crippen molar-refractivity contribution < 1.29 is 9.53 Å². The molecule has 1 saturated carbocycles. The molecule has 1 aromatic rings. The van der Waals surface area contributed by atoms with Crippen LogP contribution in [0, 0.1) is 0 Å². The number of rotatable bonds is 5. The summed E-state index contributed by atoms with van der Waals surface area (Å²) < 4.78 is 8.96. The van der Waals surface area contributed by atoms with Gasteiger partial charge in [0.05, 0.1) is 7.11 Å². The Balaban J connectivity index is 2.03. The summed E-state index contributed by atoms with van der Waals surface area (Å²) in [4.78, 5) is 17.5. The first-order chi connectivity index (χ1) is 7.74. The Morgan fingerprint density at radius 3 is 2.94 bits per heavy atom. The van der Waals surface area contributed by atoms with Crippen LogP contribution in [0.4, 0.5) is 5.13 Å². The van der Waals surface area contributed by atoms with E-state index < -0.39 is 0 Å². The number of anilines is 1. The van der Waals surface area contributed by atoms with Gasteiger partial charge in [-0.3, -0.25) is 4.79 Å². The molecule has 0 aliphatic heterocycles. The molecule has 88 valence electrons. The molecule has 6 heteroatoms. The summed E-state index contributed by atoms with van der Waals surface area (Å²) in [6, 6.07) is 0. The van der Waals surface area contributed by atoms with E-state index in [0.29, 0.717) is 5.92 Å². The second kappa shape index (κ2) is 4.78. The maximum Gasteiger partial charge on any atom is 0.325 e. The first kappa shape index (κ1) is 11.3. The largest absolute Gasteiger partial charge is 0.468 e. The van der Waals surface area contributed by atoms with E-state index in [1.54, 1.807) is 0 Å². The fraction of sp³-hybridized carbons (Fsp3) is 0.700. The highest BCUT2D eigenvalue weighted by Crippen LogP contribution is 2.39. The monoisotopic (exact) mass is 241 g/mol. The number of aromatic nitrogens is 2. The summed E-state index contributed by atoms with van der Waals surface area (Å²) >= 11 is 1.36. The molecule has 1 heterocycles. The van der Waals surface area contributed by atoms with Crippen LogP contribution in [0.15, 0.2) is 0 Å². The van der Waals surface area contributed by atoms with Crippen molar-refractivity contribution in [2.24, 2.45) is 0 Å². The minimum absolute atomic E-state index is 0.242. The van der Waals surface area contributed by atoms with Crippen LogP contribution in [0.3, 0.4) is 0 Å². The van der Waals surface area contributed by atoms with Crippen LogP contribution in [0.25, 0.3) is 0 Å². The summed E-state index contributed by atoms with van der Waals surface area (Å²) in [5.41, 5.74) is 0. The Morgan fingerprint density at radius 1 is 1.62 bits per heavy atom. The van der Waals surface area contributed by atoms with Gasteiger partial charge in [0, 0.05) is 24.0 Å². The molecule has 0 amide bonds. The van der Waals surface area contributed by atoms with Crippen LogP contribution in [-0.2, 0) is 9.53 Å². The van der Waals surface area contributed by atoms with Gasteiger partial charge in [-0.05, 0) is 19.8 Å². The molecular formula is C10H15N3O2S. The van der Waals surface area contributed by atoms with Crippen molar-refractivity contribution in [3.05, 3.63) is 5.82 Å². The standard InChI is InChI=1S/C10H15N3O2S/c1-3-13(6-8(14)15-2)10-11-9(12-16-10)7-4-5-7/h7H,3-6H2,1-2H3. The minimum Gasteiger partial charge on any atom is -0.468 e. The highest BCUT2D eigenvalue weighted by atomic mass is 32.1. The highest BCUT2D eigenvalue weighted by Gasteiger charge is 2.28. The predicted octanol–water partition coefficient (Wildman–Crippen LogP) is 1.41. The van der Waals surface area contributed by atoms with Gasteiger partial charge in [-0.25, -0.2) is 4.98 Å². The number of hydrogen-bond acceptors (Lipinski definition) is 6. The van der Waals surface area contributed by atoms with E-state index in [-0.39, 0.29) is 12.5 Å². The Hall–Kier alpha value is -1.17. The normalized spacial score (nSPS) is 14.9. The van der Waals surface area contributed by atoms with E-state index in [9.17, 15) is 4.79 Å². The summed E-state index contributed by atoms with van der Waals surface area (Å²) in [6.07, 6.45) is 2.39. The fourth-order valence-electron chi connectivity index (χ4n) is 1.40. The van der Waals surface area contributed by atoms with Crippen molar-refractivity contribution in [2.75, 3.05) is 25.1 Å². The number of hydrogen-bond donors (Lipinski definition) is 0. The van der Waals surface area contributed by atoms with Crippen molar-refractivity contribution in [3.8, 4) is 0 Å². The number of esters is 1. The number of methoxy groups -OCH3 is 1. The quantitative estimate of drug-likeness (QED) is 0.730. The van der Waals surface area contributed by atoms with Gasteiger partial charge in [0.15, 0.2) is 0 Å². The number of carbonyl (C=O) groups is 1. The molecule has 1 aromatic heterocycles. The molecular weight excluding hydrogens is 226 g/mol. The van der Waals surface area contributed by atoms with Gasteiger partial charge in [-0.15, -0.1) is 0 Å². The minimum atomic E-state index is -0.245. The summed E-state index contributed by atoms with van der Waals surface area (Å²) in [5.74, 6) is 1.25. The SMILES string of the molecule is CCN(CC(=O)OC)c1nc(C2CC2)ns1. The summed E-state index contributed by atoms with van der Waals surface area (Å²) in [7, 11) is 1.39. The van der Waals surface area contributed by atoms with Crippen molar-refractivity contribution in [1.82, 2.24) is 9.36 Å². The number of likely N-dealkylation sites (N-methyl/N-ethyl adjacent to an activating group) is 1. The maximum atomic E-state index is 11.2. The first-order valence-electron chi connectivity index (χ1n) is 5.40. The zero-order valence-electron chi connectivity index (χ0n) is 9.47. The second-order valence-electron chi connectivity index (χ2n) is 3.80. The molecule has 0 unspecified atom stereocenters. The molecule has 1 aliphatic rings. The van der Waals surface area contributed by atoms with Gasteiger partial charge in [-0.2, -0.15) is 4.37 Å². The molecule has 1 aliphatic carbocycles. The lowest BCUT2D eigenvalue weighted by atomic mass is 10.4. The van der Waals surface area contributed by atoms with E-state index in [0.717, 1.165) is 17.5 Å². The van der Waals surface area contributed by atoms with Gasteiger partial charge in [-0.1, -0.05) is 0 Å². The van der Waals surface area contributed by atoms with E-state index in [4.69, 9.17) is 0 Å². The van der Waals surface area contributed by atoms with E-state index in [1.807, 2.05) is 11.8 Å². The van der Waals surface area contributed by atoms with Crippen LogP contribution in [0.2, 0.25) is 0 Å². The highest BCUT2D eigenvalue weighted by molar-refractivity contribution is 7.09. The lowest BCUT2D eigenvalue weighted by Crippen LogP contribution is -2.30. The van der Waals surface area contributed by atoms with Crippen molar-refractivity contribution >= 4 is 22.6 Å². The fourth-order valence-corrected chi connectivity index (χ4v) is 2.21. The molecule has 0 saturated heterocycles. The third-order valence-electron chi connectivity index (χ3n) is 2.57. The van der Waals surface area contributed by atoms with Crippen LogP contribution in [-0.4, -0.2) is 35.5 Å². The first-order valence-corrected chi connectivity index (χ1v) is 6.17. The Kier molecular flexibility index (Phi) is 3.38. The summed E-state index contributed by atoms with van der Waals surface area (Å²) in [5, 5.41) is 0.815. The summed E-state index contributed by atoms with van der Waals surface area (Å²) in [6.45, 7) is 2.96. The Labute approximate surface area is 98.6 Å². The second-order valence-corrected chi connectivity index (χ2v) is 4.53. The lowest BCUT2D eigenvalue weighted by Gasteiger charge is -2.16. The van der Waals surface area contributed by atoms with Crippen LogP contribution in [0.1, 0.15) is 31.5 Å². The van der Waals surface area contributed by atoms with E-state index in [1.165, 1.54) is 31.5 Å². The third-order valence-corrected chi connectivity index (χ3v) is 3.36. The molecule has 0 atom stereocenters. The van der Waals surface area contributed by atoms with Crippen molar-refractivity contribution in [3.63, 3.8) is 0 Å². The number of nitrogens with zero attached hydrogens (tertiary/aromatic N) is 3. The molecule has 0 bridgehead atoms. The number of carbonyl (C=O) groups excluding carboxylic acids is 1. The third kappa shape index (κ3) is 2.49. The van der Waals surface area contributed by atoms with Gasteiger partial charge >= 0.3 is 5.97 Å². The average Bonchev–Trinajstić information content (AvgIpc) is 3.04. The topological polar surface area (TPSA) is 55.3 Å². The lowest BCUT2D eigenvalue weighted by molar-refractivity contribution is -0.138. The van der Waals surface area contributed by atoms with E-state index >= 15 is 0 Å². The van der Waals surface area contributed by atoms with Crippen molar-refractivity contribution in [1.29, 1.82) is 0 Å². The molecule has 5 nitrogen and oxygen atoms in total. The Morgan fingerprint density at radius 2 is 2.38 bits per heavy atom. The van der Waals surface area contributed by atoms with E-state index in [2.05, 4.69) is 14.1 Å². The van der Waals surface area contributed by atoms with Crippen LogP contribution >= 0.6 is 11.5 Å². The van der Waals surface area contributed by atoms with Gasteiger partial charge < -0.3 is 9.64 Å². The van der Waals surface area contributed by atoms with Crippen LogP contribution < -0.4 is 4.90 Å². The van der Waals surface area contributed by atoms with Crippen LogP contribution in [0.5, 0.6) is 0 Å². The number of ether oxygens (including phenoxy) is 1. The van der Waals surface area contributed by atoms with Crippen molar-refractivity contribution in [2.45, 2.75) is 25.7 Å². The molecule has 0 spiro atoms. The van der Waals surface area contributed by atoms with Gasteiger partial charge in [0.1, 0.15) is 12.4 Å². The molecule has 16 heavy (non-hydrogen) atoms. The smallest absolute Gasteiger partial charge is 0.325 e. The molecule has 2 rings (SSSR count). The molecule has 0 radical (unpaired) electrons. The Bertz CT molecular complexity index is 376.